The van der Waals surface area contributed by atoms with Gasteiger partial charge in [0.15, 0.2) is 0 Å². The lowest BCUT2D eigenvalue weighted by molar-refractivity contribution is -0.111. The number of likely N-dealkylation sites (tertiary alicyclic amines) is 1. The lowest BCUT2D eigenvalue weighted by Crippen LogP contribution is -2.40. The van der Waals surface area contributed by atoms with Crippen molar-refractivity contribution in [2.24, 2.45) is 0 Å². The second-order valence-electron chi connectivity index (χ2n) is 6.43. The first kappa shape index (κ1) is 16.4. The number of nitrogens with zero attached hydrogens (tertiary/aromatic N) is 1. The van der Waals surface area contributed by atoms with Crippen LogP contribution in [0.2, 0.25) is 0 Å². The molecule has 1 aliphatic rings. The predicted octanol–water partition coefficient (Wildman–Crippen LogP) is 3.26. The number of ether oxygens (including phenoxy) is 1. The van der Waals surface area contributed by atoms with E-state index in [0.29, 0.717) is 18.3 Å². The zero-order valence-electron chi connectivity index (χ0n) is 12.8. The zero-order valence-corrected chi connectivity index (χ0v) is 12.8. The summed E-state index contributed by atoms with van der Waals surface area (Å²) >= 11 is 0. The largest absolute Gasteiger partial charge is 0.444 e. The van der Waals surface area contributed by atoms with Crippen LogP contribution in [0.15, 0.2) is 18.2 Å². The highest BCUT2D eigenvalue weighted by Crippen LogP contribution is 2.33. The van der Waals surface area contributed by atoms with E-state index in [2.05, 4.69) is 0 Å². The lowest BCUT2D eigenvalue weighted by atomic mass is 9.96. The summed E-state index contributed by atoms with van der Waals surface area (Å²) in [6.45, 7) is 5.36. The summed E-state index contributed by atoms with van der Waals surface area (Å²) in [5.41, 5.74) is -0.372. The van der Waals surface area contributed by atoms with Gasteiger partial charge in [-0.15, -0.1) is 0 Å². The molecule has 2 atom stereocenters. The molecule has 0 spiro atoms. The minimum atomic E-state index is -0.677. The molecule has 1 aromatic carbocycles. The molecule has 0 N–H and O–H groups in total. The molecule has 6 heteroatoms. The molecule has 4 nitrogen and oxygen atoms in total. The maximum atomic E-state index is 13.9. The van der Waals surface area contributed by atoms with Crippen LogP contribution in [0.25, 0.3) is 0 Å². The molecule has 0 bridgehead atoms. The van der Waals surface area contributed by atoms with Gasteiger partial charge >= 0.3 is 6.09 Å². The molecular weight excluding hydrogens is 292 g/mol. The van der Waals surface area contributed by atoms with Crippen LogP contribution in [-0.4, -0.2) is 35.5 Å². The molecule has 1 heterocycles. The summed E-state index contributed by atoms with van der Waals surface area (Å²) in [6, 6.07) is 2.67. The second kappa shape index (κ2) is 6.02. The van der Waals surface area contributed by atoms with Gasteiger partial charge in [0.1, 0.15) is 23.5 Å². The van der Waals surface area contributed by atoms with Crippen LogP contribution in [0.5, 0.6) is 0 Å². The van der Waals surface area contributed by atoms with Gasteiger partial charge < -0.3 is 9.53 Å². The molecule has 2 rings (SSSR count). The van der Waals surface area contributed by atoms with Gasteiger partial charge in [0.05, 0.1) is 6.04 Å². The minimum absolute atomic E-state index is 0.168. The highest BCUT2D eigenvalue weighted by atomic mass is 19.1. The third-order valence-electron chi connectivity index (χ3n) is 3.53. The summed E-state index contributed by atoms with van der Waals surface area (Å²) in [5.74, 6) is -1.68. The Kier molecular flexibility index (Phi) is 4.49. The van der Waals surface area contributed by atoms with Gasteiger partial charge in [0.2, 0.25) is 0 Å². The first-order valence-electron chi connectivity index (χ1n) is 7.11. The maximum absolute atomic E-state index is 13.9. The summed E-state index contributed by atoms with van der Waals surface area (Å²) in [6.07, 6.45) is 0.353. The average molecular weight is 311 g/mol. The Morgan fingerprint density at radius 1 is 1.36 bits per heavy atom. The fraction of sp³-hybridized carbons (Fsp3) is 0.500. The van der Waals surface area contributed by atoms with E-state index < -0.39 is 29.4 Å². The second-order valence-corrected chi connectivity index (χ2v) is 6.43. The normalized spacial score (nSPS) is 21.8. The van der Waals surface area contributed by atoms with Gasteiger partial charge in [-0.25, -0.2) is 13.6 Å². The van der Waals surface area contributed by atoms with Crippen molar-refractivity contribution in [3.05, 3.63) is 35.4 Å². The summed E-state index contributed by atoms with van der Waals surface area (Å²) in [5, 5.41) is 0. The third-order valence-corrected chi connectivity index (χ3v) is 3.53. The van der Waals surface area contributed by atoms with Gasteiger partial charge in [0.25, 0.3) is 0 Å². The van der Waals surface area contributed by atoms with Crippen LogP contribution >= 0.6 is 0 Å². The van der Waals surface area contributed by atoms with Crippen molar-refractivity contribution in [2.75, 3.05) is 6.54 Å². The number of rotatable bonds is 2. The number of hydrogen-bond acceptors (Lipinski definition) is 3. The fourth-order valence-corrected chi connectivity index (χ4v) is 2.58. The smallest absolute Gasteiger partial charge is 0.410 e. The first-order valence-corrected chi connectivity index (χ1v) is 7.11. The quantitative estimate of drug-likeness (QED) is 0.788. The Hall–Kier alpha value is -1.98. The molecule has 1 amide bonds. The Bertz CT molecular complexity index is 583. The zero-order chi connectivity index (χ0) is 16.5. The van der Waals surface area contributed by atoms with E-state index >= 15 is 0 Å². The topological polar surface area (TPSA) is 46.6 Å². The molecule has 2 unspecified atom stereocenters. The number of aldehydes is 1. The van der Waals surface area contributed by atoms with Gasteiger partial charge in [-0.05, 0) is 38.8 Å². The van der Waals surface area contributed by atoms with Crippen LogP contribution < -0.4 is 0 Å². The summed E-state index contributed by atoms with van der Waals surface area (Å²) in [4.78, 5) is 24.6. The van der Waals surface area contributed by atoms with E-state index in [4.69, 9.17) is 4.74 Å². The number of carbonyl (C=O) groups excluding carboxylic acids is 2. The molecular formula is C16H19F2NO3. The Labute approximate surface area is 128 Å². The minimum Gasteiger partial charge on any atom is -0.444 e. The standard InChI is InChI=1S/C16H19F2NO3/c1-16(2,3)22-15(21)19-8-10(6-12(19)9-20)13-5-4-11(17)7-14(13)18/h4-5,7,9-10,12H,6,8H2,1-3H3. The summed E-state index contributed by atoms with van der Waals surface area (Å²) in [7, 11) is 0. The van der Waals surface area contributed by atoms with Crippen molar-refractivity contribution >= 4 is 12.4 Å². The lowest BCUT2D eigenvalue weighted by Gasteiger charge is -2.26. The van der Waals surface area contributed by atoms with Crippen molar-refractivity contribution in [1.29, 1.82) is 0 Å². The van der Waals surface area contributed by atoms with Crippen molar-refractivity contribution in [1.82, 2.24) is 4.90 Å². The van der Waals surface area contributed by atoms with E-state index in [0.717, 1.165) is 6.07 Å². The maximum Gasteiger partial charge on any atom is 0.410 e. The number of benzene rings is 1. The molecule has 22 heavy (non-hydrogen) atoms. The van der Waals surface area contributed by atoms with Gasteiger partial charge in [-0.2, -0.15) is 0 Å². The molecule has 1 aromatic rings. The van der Waals surface area contributed by atoms with E-state index in [1.165, 1.54) is 17.0 Å². The van der Waals surface area contributed by atoms with Crippen LogP contribution in [0, 0.1) is 11.6 Å². The number of halogens is 2. The molecule has 1 fully saturated rings. The van der Waals surface area contributed by atoms with E-state index in [1.54, 1.807) is 20.8 Å². The van der Waals surface area contributed by atoms with Crippen LogP contribution in [-0.2, 0) is 9.53 Å². The highest BCUT2D eigenvalue weighted by molar-refractivity contribution is 5.75. The molecule has 120 valence electrons. The Balaban J connectivity index is 2.18. The van der Waals surface area contributed by atoms with Crippen molar-refractivity contribution < 1.29 is 23.1 Å². The fourth-order valence-electron chi connectivity index (χ4n) is 2.58. The molecule has 1 saturated heterocycles. The van der Waals surface area contributed by atoms with Crippen molar-refractivity contribution in [3.63, 3.8) is 0 Å². The Morgan fingerprint density at radius 3 is 2.59 bits per heavy atom. The van der Waals surface area contributed by atoms with E-state index in [-0.39, 0.29) is 12.5 Å². The molecule has 0 saturated carbocycles. The molecule has 0 aliphatic carbocycles. The Morgan fingerprint density at radius 2 is 2.05 bits per heavy atom. The summed E-state index contributed by atoms with van der Waals surface area (Å²) < 4.78 is 32.1. The van der Waals surface area contributed by atoms with Crippen LogP contribution in [0.1, 0.15) is 38.7 Å². The number of carbonyl (C=O) groups is 2. The molecule has 1 aliphatic heterocycles. The number of amides is 1. The molecule has 0 aromatic heterocycles. The van der Waals surface area contributed by atoms with Crippen LogP contribution in [0.3, 0.4) is 0 Å². The molecule has 0 radical (unpaired) electrons. The van der Waals surface area contributed by atoms with Gasteiger partial charge in [-0.1, -0.05) is 6.07 Å². The van der Waals surface area contributed by atoms with Crippen molar-refractivity contribution in [2.45, 2.75) is 44.8 Å². The third kappa shape index (κ3) is 3.61. The average Bonchev–Trinajstić information content (AvgIpc) is 2.80. The SMILES string of the molecule is CC(C)(C)OC(=O)N1CC(c2ccc(F)cc2F)CC1C=O. The van der Waals surface area contributed by atoms with Gasteiger partial charge in [-0.3, -0.25) is 4.90 Å². The predicted molar refractivity (Wildman–Crippen MR) is 76.5 cm³/mol. The van der Waals surface area contributed by atoms with E-state index in [1.807, 2.05) is 0 Å². The monoisotopic (exact) mass is 311 g/mol. The van der Waals surface area contributed by atoms with Crippen LogP contribution in [0.4, 0.5) is 13.6 Å². The first-order chi connectivity index (χ1) is 10.2. The van der Waals surface area contributed by atoms with E-state index in [9.17, 15) is 18.4 Å². The number of hydrogen-bond donors (Lipinski definition) is 0. The van der Waals surface area contributed by atoms with Crippen molar-refractivity contribution in [3.8, 4) is 0 Å². The highest BCUT2D eigenvalue weighted by Gasteiger charge is 2.38. The van der Waals surface area contributed by atoms with Gasteiger partial charge in [0, 0.05) is 18.5 Å².